The van der Waals surface area contributed by atoms with Gasteiger partial charge in [0.2, 0.25) is 0 Å². The average Bonchev–Trinajstić information content (AvgIpc) is 2.74. The van der Waals surface area contributed by atoms with Crippen molar-refractivity contribution in [2.24, 2.45) is 0 Å². The Hall–Kier alpha value is -2.81. The van der Waals surface area contributed by atoms with E-state index in [-0.39, 0.29) is 18.2 Å². The van der Waals surface area contributed by atoms with Crippen molar-refractivity contribution in [3.05, 3.63) is 75.1 Å². The predicted molar refractivity (Wildman–Crippen MR) is 108 cm³/mol. The van der Waals surface area contributed by atoms with Gasteiger partial charge >= 0.3 is 0 Å². The highest BCUT2D eigenvalue weighted by molar-refractivity contribution is 6.30. The lowest BCUT2D eigenvalue weighted by molar-refractivity contribution is 0.0286. The Kier molecular flexibility index (Phi) is 5.84. The third kappa shape index (κ3) is 4.61. The molecule has 0 bridgehead atoms. The molecule has 1 fully saturated rings. The Morgan fingerprint density at radius 1 is 1.28 bits per heavy atom. The van der Waals surface area contributed by atoms with Gasteiger partial charge in [-0.25, -0.2) is 4.98 Å². The summed E-state index contributed by atoms with van der Waals surface area (Å²) in [6.07, 6.45) is 5.01. The fourth-order valence-corrected chi connectivity index (χ4v) is 3.28. The zero-order valence-electron chi connectivity index (χ0n) is 15.6. The van der Waals surface area contributed by atoms with Gasteiger partial charge in [-0.05, 0) is 17.7 Å². The van der Waals surface area contributed by atoms with Crippen LogP contribution < -0.4 is 16.2 Å². The first-order valence-corrected chi connectivity index (χ1v) is 9.69. The van der Waals surface area contributed by atoms with Crippen molar-refractivity contribution in [2.75, 3.05) is 19.7 Å². The van der Waals surface area contributed by atoms with Crippen LogP contribution >= 0.6 is 11.6 Å². The van der Waals surface area contributed by atoms with Gasteiger partial charge < -0.3 is 15.4 Å². The monoisotopic (exact) mass is 413 g/mol. The molecule has 1 saturated heterocycles. The number of hydrogen-bond donors (Lipinski definition) is 2. The Balaban J connectivity index is 1.52. The van der Waals surface area contributed by atoms with Gasteiger partial charge in [-0.1, -0.05) is 23.7 Å². The molecule has 1 amide bonds. The van der Waals surface area contributed by atoms with Crippen LogP contribution in [-0.2, 0) is 17.7 Å². The second kappa shape index (κ2) is 8.69. The summed E-state index contributed by atoms with van der Waals surface area (Å²) in [6.45, 7) is 2.50. The molecule has 1 aliphatic heterocycles. The summed E-state index contributed by atoms with van der Waals surface area (Å²) in [5.41, 5.74) is 1.51. The Morgan fingerprint density at radius 2 is 2.10 bits per heavy atom. The molecular weight excluding hydrogens is 394 g/mol. The molecule has 150 valence electrons. The van der Waals surface area contributed by atoms with Crippen LogP contribution in [0.15, 0.2) is 47.7 Å². The van der Waals surface area contributed by atoms with Gasteiger partial charge in [0.05, 0.1) is 24.6 Å². The highest BCUT2D eigenvalue weighted by atomic mass is 35.5. The number of fused-ring (bicyclic) bond motifs is 1. The zero-order valence-corrected chi connectivity index (χ0v) is 16.4. The molecule has 29 heavy (non-hydrogen) atoms. The van der Waals surface area contributed by atoms with E-state index in [9.17, 15) is 9.59 Å². The molecule has 1 atom stereocenters. The molecule has 8 nitrogen and oxygen atoms in total. The van der Waals surface area contributed by atoms with E-state index in [4.69, 9.17) is 16.3 Å². The van der Waals surface area contributed by atoms with Crippen molar-refractivity contribution < 1.29 is 9.53 Å². The number of hydrogen-bond acceptors (Lipinski definition) is 6. The summed E-state index contributed by atoms with van der Waals surface area (Å²) in [4.78, 5) is 33.9. The molecule has 0 radical (unpaired) electrons. The molecule has 9 heteroatoms. The highest BCUT2D eigenvalue weighted by Gasteiger charge is 2.17. The largest absolute Gasteiger partial charge is 0.375 e. The Labute approximate surface area is 171 Å². The lowest BCUT2D eigenvalue weighted by Gasteiger charge is -2.23. The van der Waals surface area contributed by atoms with Crippen molar-refractivity contribution >= 4 is 23.2 Å². The van der Waals surface area contributed by atoms with E-state index in [1.807, 2.05) is 12.1 Å². The molecule has 0 aliphatic carbocycles. The number of morpholine rings is 1. The number of ether oxygens (including phenoxy) is 1. The molecule has 0 saturated carbocycles. The van der Waals surface area contributed by atoms with Crippen LogP contribution in [0.1, 0.15) is 21.6 Å². The number of carbonyl (C=O) groups is 1. The van der Waals surface area contributed by atoms with Crippen LogP contribution in [0.3, 0.4) is 0 Å². The zero-order chi connectivity index (χ0) is 20.2. The van der Waals surface area contributed by atoms with Crippen LogP contribution in [-0.4, -0.2) is 46.1 Å². The predicted octanol–water partition coefficient (Wildman–Crippen LogP) is 1.20. The van der Waals surface area contributed by atoms with Crippen molar-refractivity contribution in [3.8, 4) is 0 Å². The second-order valence-electron chi connectivity index (χ2n) is 6.79. The molecule has 1 unspecified atom stereocenters. The molecular formula is C20H20ClN5O3. The molecule has 1 aromatic carbocycles. The standard InChI is InChI=1S/C20H20ClN5O3/c21-14-3-1-13(2-4-14)8-25-19(27)17-10-24-18-11-23-15(12-26(18)20(17)28)7-16-9-22-5-6-29-16/h1-4,10-12,16,22H,5-9H2,(H,25,27). The second-order valence-corrected chi connectivity index (χ2v) is 7.23. The summed E-state index contributed by atoms with van der Waals surface area (Å²) in [6, 6.07) is 7.12. The van der Waals surface area contributed by atoms with E-state index >= 15 is 0 Å². The smallest absolute Gasteiger partial charge is 0.270 e. The number of nitrogens with zero attached hydrogens (tertiary/aromatic N) is 3. The van der Waals surface area contributed by atoms with Gasteiger partial charge in [0.25, 0.3) is 11.5 Å². The van der Waals surface area contributed by atoms with Crippen molar-refractivity contribution in [2.45, 2.75) is 19.1 Å². The lowest BCUT2D eigenvalue weighted by Crippen LogP contribution is -2.39. The SMILES string of the molecule is O=C(NCc1ccc(Cl)cc1)c1cnc2cnc(CC3CNCCO3)cn2c1=O. The van der Waals surface area contributed by atoms with Crippen LogP contribution in [0.25, 0.3) is 5.65 Å². The minimum Gasteiger partial charge on any atom is -0.375 e. The number of amides is 1. The van der Waals surface area contributed by atoms with Gasteiger partial charge in [-0.2, -0.15) is 0 Å². The van der Waals surface area contributed by atoms with E-state index in [1.54, 1.807) is 18.3 Å². The number of aromatic nitrogens is 3. The summed E-state index contributed by atoms with van der Waals surface area (Å²) >= 11 is 5.86. The van der Waals surface area contributed by atoms with Crippen LogP contribution in [0.4, 0.5) is 0 Å². The highest BCUT2D eigenvalue weighted by Crippen LogP contribution is 2.10. The summed E-state index contributed by atoms with van der Waals surface area (Å²) in [5, 5.41) is 6.63. The van der Waals surface area contributed by atoms with E-state index in [1.165, 1.54) is 16.8 Å². The molecule has 2 N–H and O–H groups in total. The maximum Gasteiger partial charge on any atom is 0.270 e. The first kappa shape index (κ1) is 19.5. The minimum atomic E-state index is -0.481. The van der Waals surface area contributed by atoms with Gasteiger partial charge in [0.1, 0.15) is 5.56 Å². The lowest BCUT2D eigenvalue weighted by atomic mass is 10.2. The van der Waals surface area contributed by atoms with Gasteiger partial charge in [-0.3, -0.25) is 19.0 Å². The maximum atomic E-state index is 12.8. The van der Waals surface area contributed by atoms with Gasteiger partial charge in [-0.15, -0.1) is 0 Å². The Morgan fingerprint density at radius 3 is 2.86 bits per heavy atom. The van der Waals surface area contributed by atoms with Crippen LogP contribution in [0.2, 0.25) is 5.02 Å². The van der Waals surface area contributed by atoms with Crippen LogP contribution in [0.5, 0.6) is 0 Å². The molecule has 3 heterocycles. The minimum absolute atomic E-state index is 0.00298. The molecule has 3 aromatic rings. The molecule has 4 rings (SSSR count). The maximum absolute atomic E-state index is 12.8. The molecule has 2 aromatic heterocycles. The normalized spacial score (nSPS) is 16.7. The average molecular weight is 414 g/mol. The van der Waals surface area contributed by atoms with Gasteiger partial charge in [0, 0.05) is 43.5 Å². The third-order valence-electron chi connectivity index (χ3n) is 4.70. The summed E-state index contributed by atoms with van der Waals surface area (Å²) in [7, 11) is 0. The summed E-state index contributed by atoms with van der Waals surface area (Å²) in [5.74, 6) is -0.481. The third-order valence-corrected chi connectivity index (χ3v) is 4.95. The first-order valence-electron chi connectivity index (χ1n) is 9.31. The van der Waals surface area contributed by atoms with Crippen LogP contribution in [0, 0.1) is 0 Å². The topological polar surface area (TPSA) is 97.6 Å². The van der Waals surface area contributed by atoms with E-state index in [0.717, 1.165) is 18.7 Å². The fourth-order valence-electron chi connectivity index (χ4n) is 3.15. The van der Waals surface area contributed by atoms with E-state index < -0.39 is 11.5 Å². The quantitative estimate of drug-likeness (QED) is 0.652. The number of carbonyl (C=O) groups excluding carboxylic acids is 1. The Bertz CT molecular complexity index is 1080. The molecule has 0 spiro atoms. The van der Waals surface area contributed by atoms with E-state index in [2.05, 4.69) is 20.6 Å². The number of rotatable bonds is 5. The molecule has 1 aliphatic rings. The van der Waals surface area contributed by atoms with Gasteiger partial charge in [0.15, 0.2) is 5.65 Å². The number of benzene rings is 1. The number of nitrogens with one attached hydrogen (secondary N) is 2. The first-order chi connectivity index (χ1) is 14.1. The van der Waals surface area contributed by atoms with E-state index in [0.29, 0.717) is 29.4 Å². The fraction of sp³-hybridized carbons (Fsp3) is 0.300. The number of halogens is 1. The van der Waals surface area contributed by atoms with Crippen molar-refractivity contribution in [1.82, 2.24) is 25.0 Å². The van der Waals surface area contributed by atoms with Crippen molar-refractivity contribution in [1.29, 1.82) is 0 Å². The van der Waals surface area contributed by atoms with Crippen molar-refractivity contribution in [3.63, 3.8) is 0 Å². The summed E-state index contributed by atoms with van der Waals surface area (Å²) < 4.78 is 7.05.